The summed E-state index contributed by atoms with van der Waals surface area (Å²) < 4.78 is 12.4. The predicted octanol–water partition coefficient (Wildman–Crippen LogP) is 11.4. The van der Waals surface area contributed by atoms with Crippen LogP contribution in [0.1, 0.15) is 130 Å². The Morgan fingerprint density at radius 2 is 1.23 bits per heavy atom. The Morgan fingerprint density at radius 1 is 0.636 bits per heavy atom. The molecule has 2 aromatic carbocycles. The van der Waals surface area contributed by atoms with E-state index in [1.807, 2.05) is 30.6 Å². The van der Waals surface area contributed by atoms with Crippen LogP contribution in [0.25, 0.3) is 22.5 Å². The lowest BCUT2D eigenvalue weighted by Gasteiger charge is -2.15. The number of nitrogens with zero attached hydrogens (tertiary/aromatic N) is 2. The molecule has 44 heavy (non-hydrogen) atoms. The van der Waals surface area contributed by atoms with Gasteiger partial charge in [-0.25, -0.2) is 9.97 Å². The second-order valence-electron chi connectivity index (χ2n) is 13.0. The van der Waals surface area contributed by atoms with E-state index in [9.17, 15) is 0 Å². The molecule has 3 atom stereocenters. The highest BCUT2D eigenvalue weighted by atomic mass is 28.2. The van der Waals surface area contributed by atoms with Crippen LogP contribution < -0.4 is 9.47 Å². The fourth-order valence-corrected chi connectivity index (χ4v) is 7.31. The van der Waals surface area contributed by atoms with Crippen molar-refractivity contribution in [2.45, 2.75) is 142 Å². The fourth-order valence-electron chi connectivity index (χ4n) is 6.08. The molecular weight excluding hydrogens is 557 g/mol. The third-order valence-corrected chi connectivity index (χ3v) is 10.3. The molecule has 0 amide bonds. The number of benzene rings is 2. The molecule has 1 aromatic heterocycles. The molecule has 0 aliphatic carbocycles. The summed E-state index contributed by atoms with van der Waals surface area (Å²) in [5.74, 6) is 3.05. The summed E-state index contributed by atoms with van der Waals surface area (Å²) in [6.45, 7) is 9.33. The number of hydrogen-bond donors (Lipinski definition) is 0. The molecule has 2 heterocycles. The topological polar surface area (TPSA) is 44.2 Å². The minimum absolute atomic E-state index is 0.179. The van der Waals surface area contributed by atoms with Crippen molar-refractivity contribution in [2.24, 2.45) is 5.92 Å². The van der Waals surface area contributed by atoms with E-state index in [2.05, 4.69) is 52.0 Å². The van der Waals surface area contributed by atoms with E-state index in [-0.39, 0.29) is 5.91 Å². The van der Waals surface area contributed by atoms with Gasteiger partial charge in [-0.05, 0) is 53.6 Å². The first-order valence-electron chi connectivity index (χ1n) is 17.7. The van der Waals surface area contributed by atoms with Gasteiger partial charge in [0.15, 0.2) is 26.8 Å². The van der Waals surface area contributed by atoms with E-state index in [0.717, 1.165) is 40.5 Å². The molecule has 1 aliphatic rings. The summed E-state index contributed by atoms with van der Waals surface area (Å²) in [7, 11) is 0.632. The van der Waals surface area contributed by atoms with E-state index in [1.165, 1.54) is 102 Å². The Hall–Kier alpha value is -2.66. The van der Waals surface area contributed by atoms with Crippen LogP contribution in [0.3, 0.4) is 0 Å². The molecule has 4 rings (SSSR count). The van der Waals surface area contributed by atoms with Crippen LogP contribution in [-0.2, 0) is 6.42 Å². The van der Waals surface area contributed by atoms with E-state index in [4.69, 9.17) is 19.4 Å². The Morgan fingerprint density at radius 3 is 1.95 bits per heavy atom. The van der Waals surface area contributed by atoms with Crippen molar-refractivity contribution >= 4 is 9.52 Å². The zero-order chi connectivity index (χ0) is 31.0. The number of aryl methyl sites for hydroxylation is 1. The van der Waals surface area contributed by atoms with Gasteiger partial charge in [-0.15, -0.1) is 0 Å². The number of fused-ring (bicyclic) bond motifs is 1. The van der Waals surface area contributed by atoms with Crippen molar-refractivity contribution in [1.82, 2.24) is 9.97 Å². The fraction of sp³-hybridized carbons (Fsp3) is 0.590. The van der Waals surface area contributed by atoms with Crippen LogP contribution in [0.15, 0.2) is 54.9 Å². The lowest BCUT2D eigenvalue weighted by Crippen LogP contribution is -2.28. The van der Waals surface area contributed by atoms with Gasteiger partial charge in [-0.2, -0.15) is 0 Å². The maximum atomic E-state index is 6.24. The van der Waals surface area contributed by atoms with Gasteiger partial charge in [-0.1, -0.05) is 142 Å². The first-order valence-corrected chi connectivity index (χ1v) is 18.9. The molecule has 3 unspecified atom stereocenters. The molecule has 0 N–H and O–H groups in total. The molecule has 0 fully saturated rings. The predicted molar refractivity (Wildman–Crippen MR) is 187 cm³/mol. The van der Waals surface area contributed by atoms with Gasteiger partial charge in [0.05, 0.1) is 0 Å². The van der Waals surface area contributed by atoms with E-state index in [1.54, 1.807) is 0 Å². The van der Waals surface area contributed by atoms with Gasteiger partial charge in [0, 0.05) is 23.5 Å². The third kappa shape index (κ3) is 11.4. The van der Waals surface area contributed by atoms with Crippen LogP contribution in [0.4, 0.5) is 0 Å². The second kappa shape index (κ2) is 19.0. The van der Waals surface area contributed by atoms with Crippen LogP contribution >= 0.6 is 0 Å². The maximum absolute atomic E-state index is 6.24. The van der Waals surface area contributed by atoms with Crippen molar-refractivity contribution in [3.8, 4) is 34.0 Å². The highest BCUT2D eigenvalue weighted by molar-refractivity contribution is 6.38. The number of ether oxygens (including phenoxy) is 2. The summed E-state index contributed by atoms with van der Waals surface area (Å²) in [4.78, 5) is 9.39. The molecule has 0 bridgehead atoms. The number of unbranched alkanes of at least 4 members (excludes halogenated alkanes) is 9. The van der Waals surface area contributed by atoms with Crippen LogP contribution in [-0.4, -0.2) is 25.4 Å². The van der Waals surface area contributed by atoms with Gasteiger partial charge >= 0.3 is 0 Å². The lowest BCUT2D eigenvalue weighted by molar-refractivity contribution is 0.122. The Balaban J connectivity index is 1.17. The van der Waals surface area contributed by atoms with Crippen LogP contribution in [0.2, 0.25) is 5.54 Å². The first-order chi connectivity index (χ1) is 21.6. The van der Waals surface area contributed by atoms with Gasteiger partial charge in [0.25, 0.3) is 0 Å². The van der Waals surface area contributed by atoms with Crippen molar-refractivity contribution < 1.29 is 9.47 Å². The van der Waals surface area contributed by atoms with Crippen molar-refractivity contribution in [2.75, 3.05) is 0 Å². The smallest absolute Gasteiger partial charge is 0.215 e. The molecule has 3 aromatic rings. The summed E-state index contributed by atoms with van der Waals surface area (Å²) in [6.07, 6.45) is 25.2. The SMILES string of the molecule is CCCCCCCc1ccc(-c2cnc(-c3ccc4c(c3)OC([Si]C(C)CCCCCCC(C)CCCCC)O4)nc2)cc1. The van der Waals surface area contributed by atoms with E-state index < -0.39 is 0 Å². The molecular formula is C39H56N2O2Si. The number of aromatic nitrogens is 2. The average molecular weight is 613 g/mol. The quantitative estimate of drug-likeness (QED) is 0.0886. The summed E-state index contributed by atoms with van der Waals surface area (Å²) in [5, 5.41) is 0. The highest BCUT2D eigenvalue weighted by Gasteiger charge is 2.27. The summed E-state index contributed by atoms with van der Waals surface area (Å²) in [5.41, 5.74) is 5.16. The largest absolute Gasteiger partial charge is 0.456 e. The molecule has 5 heteroatoms. The summed E-state index contributed by atoms with van der Waals surface area (Å²) >= 11 is 0. The Labute approximate surface area is 270 Å². The van der Waals surface area contributed by atoms with Crippen molar-refractivity contribution in [3.05, 3.63) is 60.4 Å². The zero-order valence-corrected chi connectivity index (χ0v) is 29.0. The van der Waals surface area contributed by atoms with Gasteiger partial charge in [0.2, 0.25) is 5.91 Å². The minimum Gasteiger partial charge on any atom is -0.456 e. The average Bonchev–Trinajstić information content (AvgIpc) is 3.44. The van der Waals surface area contributed by atoms with E-state index in [0.29, 0.717) is 20.9 Å². The zero-order valence-electron chi connectivity index (χ0n) is 28.0. The number of rotatable bonds is 21. The van der Waals surface area contributed by atoms with Gasteiger partial charge in [-0.3, -0.25) is 0 Å². The third-order valence-electron chi connectivity index (χ3n) is 8.98. The molecule has 238 valence electrons. The first kappa shape index (κ1) is 34.2. The molecule has 4 nitrogen and oxygen atoms in total. The molecule has 0 saturated carbocycles. The second-order valence-corrected chi connectivity index (χ2v) is 14.8. The Kier molecular flexibility index (Phi) is 14.8. The van der Waals surface area contributed by atoms with Gasteiger partial charge in [0.1, 0.15) is 0 Å². The molecule has 2 radical (unpaired) electrons. The van der Waals surface area contributed by atoms with E-state index >= 15 is 0 Å². The molecule has 0 spiro atoms. The van der Waals surface area contributed by atoms with Crippen LogP contribution in [0.5, 0.6) is 11.5 Å². The summed E-state index contributed by atoms with van der Waals surface area (Å²) in [6, 6.07) is 14.9. The monoisotopic (exact) mass is 612 g/mol. The standard InChI is InChI=1S/C39H56N2O2Si/c1-5-7-9-10-16-20-32-21-23-33(24-22-32)35-28-40-38(41-29-35)34-25-26-36-37(27-34)43-39(42-36)44-31(4)19-15-12-11-14-18-30(3)17-13-8-6-2/h21-31,39H,5-20H2,1-4H3. The number of hydrogen-bond acceptors (Lipinski definition) is 4. The normalized spacial score (nSPS) is 15.4. The van der Waals surface area contributed by atoms with Gasteiger partial charge < -0.3 is 9.47 Å². The molecule has 1 aliphatic heterocycles. The maximum Gasteiger partial charge on any atom is 0.215 e. The molecule has 0 saturated heterocycles. The highest BCUT2D eigenvalue weighted by Crippen LogP contribution is 2.38. The minimum atomic E-state index is -0.179. The van der Waals surface area contributed by atoms with Crippen molar-refractivity contribution in [3.63, 3.8) is 0 Å². The Bertz CT molecular complexity index is 1210. The lowest BCUT2D eigenvalue weighted by atomic mass is 9.96. The van der Waals surface area contributed by atoms with Crippen molar-refractivity contribution in [1.29, 1.82) is 0 Å². The van der Waals surface area contributed by atoms with Crippen LogP contribution in [0, 0.1) is 5.92 Å².